The number of nitrogens with zero attached hydrogens (tertiary/aromatic N) is 3. The third kappa shape index (κ3) is 3.88. The summed E-state index contributed by atoms with van der Waals surface area (Å²) in [6.07, 6.45) is 4.64. The number of likely N-dealkylation sites (tertiary alicyclic amines) is 1. The molecule has 2 N–H and O–H groups in total. The Morgan fingerprint density at radius 1 is 1.18 bits per heavy atom. The summed E-state index contributed by atoms with van der Waals surface area (Å²) in [7, 11) is 5.53. The van der Waals surface area contributed by atoms with Crippen molar-refractivity contribution in [1.82, 2.24) is 19.8 Å². The average Bonchev–Trinajstić information content (AvgIpc) is 3.49. The number of ether oxygens (including phenoxy) is 1. The fourth-order valence-electron chi connectivity index (χ4n) is 4.72. The fourth-order valence-corrected chi connectivity index (χ4v) is 4.72. The van der Waals surface area contributed by atoms with Gasteiger partial charge < -0.3 is 24.6 Å². The summed E-state index contributed by atoms with van der Waals surface area (Å²) in [5, 5.41) is 11.4. The van der Waals surface area contributed by atoms with E-state index in [0.717, 1.165) is 58.5 Å². The Hall–Kier alpha value is -3.84. The van der Waals surface area contributed by atoms with Crippen LogP contribution in [-0.4, -0.2) is 71.1 Å². The molecule has 34 heavy (non-hydrogen) atoms. The summed E-state index contributed by atoms with van der Waals surface area (Å²) in [6.45, 7) is 1.80. The molecule has 0 saturated carbocycles. The molecule has 7 heteroatoms. The number of fused-ring (bicyclic) bond motifs is 1. The van der Waals surface area contributed by atoms with Gasteiger partial charge in [-0.25, -0.2) is 4.98 Å². The van der Waals surface area contributed by atoms with Gasteiger partial charge in [0.25, 0.3) is 5.91 Å². The standard InChI is InChI=1S/C27H28N4O3/c1-30-11-10-19(16-30)31(2)27(33)22-12-17(8-9-24(22)32)18-13-21-23(15-29-26(21)28-14-18)20-6-4-5-7-25(20)34-3/h4-9,12-15,19,32H,10-11,16H2,1-3H3,(H,28,29). The van der Waals surface area contributed by atoms with Gasteiger partial charge >= 0.3 is 0 Å². The number of aromatic nitrogens is 2. The average molecular weight is 457 g/mol. The van der Waals surface area contributed by atoms with Crippen LogP contribution < -0.4 is 4.74 Å². The van der Waals surface area contributed by atoms with Gasteiger partial charge in [-0.1, -0.05) is 24.3 Å². The number of hydrogen-bond acceptors (Lipinski definition) is 5. The molecule has 1 saturated heterocycles. The largest absolute Gasteiger partial charge is 0.507 e. The van der Waals surface area contributed by atoms with E-state index in [0.29, 0.717) is 5.56 Å². The SMILES string of the molecule is COc1ccccc1-c1c[nH]c2ncc(-c3ccc(O)c(C(=O)N(C)C4CCN(C)C4)c3)cc12. The van der Waals surface area contributed by atoms with Crippen molar-refractivity contribution in [2.24, 2.45) is 0 Å². The number of benzene rings is 2. The van der Waals surface area contributed by atoms with Crippen molar-refractivity contribution in [2.75, 3.05) is 34.3 Å². The molecule has 5 rings (SSSR count). The number of aromatic hydroxyl groups is 1. The van der Waals surface area contributed by atoms with Gasteiger partial charge in [0.05, 0.1) is 12.7 Å². The highest BCUT2D eigenvalue weighted by molar-refractivity contribution is 6.00. The fraction of sp³-hybridized carbons (Fsp3) is 0.259. The van der Waals surface area contributed by atoms with Gasteiger partial charge in [-0.3, -0.25) is 4.79 Å². The van der Waals surface area contributed by atoms with Gasteiger partial charge in [0.1, 0.15) is 17.1 Å². The Labute approximate surface area is 198 Å². The van der Waals surface area contributed by atoms with E-state index in [1.807, 2.05) is 43.6 Å². The second kappa shape index (κ2) is 8.83. The topological polar surface area (TPSA) is 81.7 Å². The zero-order valence-corrected chi connectivity index (χ0v) is 19.6. The lowest BCUT2D eigenvalue weighted by Gasteiger charge is -2.25. The number of carbonyl (C=O) groups is 1. The number of aromatic amines is 1. The Morgan fingerprint density at radius 3 is 2.76 bits per heavy atom. The van der Waals surface area contributed by atoms with Crippen LogP contribution >= 0.6 is 0 Å². The molecule has 1 aliphatic rings. The van der Waals surface area contributed by atoms with E-state index >= 15 is 0 Å². The zero-order valence-electron chi connectivity index (χ0n) is 19.6. The zero-order chi connectivity index (χ0) is 23.8. The number of likely N-dealkylation sites (N-methyl/N-ethyl adjacent to an activating group) is 2. The molecule has 1 aliphatic heterocycles. The van der Waals surface area contributed by atoms with Gasteiger partial charge in [0.2, 0.25) is 0 Å². The highest BCUT2D eigenvalue weighted by Gasteiger charge is 2.28. The van der Waals surface area contributed by atoms with E-state index in [4.69, 9.17) is 4.74 Å². The van der Waals surface area contributed by atoms with Crippen molar-refractivity contribution in [1.29, 1.82) is 0 Å². The molecular weight excluding hydrogens is 428 g/mol. The lowest BCUT2D eigenvalue weighted by Crippen LogP contribution is -2.38. The van der Waals surface area contributed by atoms with Crippen LogP contribution in [0.15, 0.2) is 60.9 Å². The smallest absolute Gasteiger partial charge is 0.257 e. The molecule has 0 bridgehead atoms. The third-order valence-corrected chi connectivity index (χ3v) is 6.72. The summed E-state index contributed by atoms with van der Waals surface area (Å²) < 4.78 is 5.55. The quantitative estimate of drug-likeness (QED) is 0.466. The number of amides is 1. The van der Waals surface area contributed by atoms with E-state index in [1.165, 1.54) is 0 Å². The van der Waals surface area contributed by atoms with E-state index in [9.17, 15) is 9.90 Å². The summed E-state index contributed by atoms with van der Waals surface area (Å²) in [6, 6.07) is 15.2. The van der Waals surface area contributed by atoms with E-state index in [2.05, 4.69) is 28.0 Å². The Kier molecular flexibility index (Phi) is 5.71. The Balaban J connectivity index is 1.52. The van der Waals surface area contributed by atoms with Crippen molar-refractivity contribution in [3.8, 4) is 33.8 Å². The molecule has 2 aromatic heterocycles. The van der Waals surface area contributed by atoms with Crippen LogP contribution in [0.25, 0.3) is 33.3 Å². The van der Waals surface area contributed by atoms with Crippen LogP contribution in [0.1, 0.15) is 16.8 Å². The maximum absolute atomic E-state index is 13.2. The first-order valence-corrected chi connectivity index (χ1v) is 11.4. The van der Waals surface area contributed by atoms with Crippen LogP contribution in [0, 0.1) is 0 Å². The van der Waals surface area contributed by atoms with Gasteiger partial charge in [0, 0.05) is 54.1 Å². The van der Waals surface area contributed by atoms with Crippen molar-refractivity contribution in [3.05, 3.63) is 66.5 Å². The molecule has 4 aromatic rings. The number of methoxy groups -OCH3 is 1. The minimum atomic E-state index is -0.176. The first-order chi connectivity index (χ1) is 16.5. The maximum Gasteiger partial charge on any atom is 0.257 e. The molecule has 174 valence electrons. The number of rotatable bonds is 5. The number of nitrogens with one attached hydrogen (secondary N) is 1. The van der Waals surface area contributed by atoms with E-state index in [-0.39, 0.29) is 17.7 Å². The number of pyridine rings is 1. The Bertz CT molecular complexity index is 1360. The summed E-state index contributed by atoms with van der Waals surface area (Å²) in [5.41, 5.74) is 4.71. The molecule has 1 amide bonds. The highest BCUT2D eigenvalue weighted by atomic mass is 16.5. The van der Waals surface area contributed by atoms with Crippen molar-refractivity contribution in [2.45, 2.75) is 12.5 Å². The molecule has 0 aliphatic carbocycles. The number of para-hydroxylation sites is 1. The van der Waals surface area contributed by atoms with E-state index in [1.54, 1.807) is 30.3 Å². The third-order valence-electron chi connectivity index (χ3n) is 6.72. The number of H-pyrrole nitrogens is 1. The molecule has 0 radical (unpaired) electrons. The second-order valence-electron chi connectivity index (χ2n) is 8.88. The predicted octanol–water partition coefficient (Wildman–Crippen LogP) is 4.39. The molecular formula is C27H28N4O3. The van der Waals surface area contributed by atoms with Gasteiger partial charge in [-0.15, -0.1) is 0 Å². The van der Waals surface area contributed by atoms with Crippen LogP contribution in [0.5, 0.6) is 11.5 Å². The highest BCUT2D eigenvalue weighted by Crippen LogP contribution is 2.36. The number of phenols is 1. The van der Waals surface area contributed by atoms with Crippen molar-refractivity contribution in [3.63, 3.8) is 0 Å². The number of phenolic OH excluding ortho intramolecular Hbond substituents is 1. The lowest BCUT2D eigenvalue weighted by molar-refractivity contribution is 0.0734. The summed E-state index contributed by atoms with van der Waals surface area (Å²) in [4.78, 5) is 25.0. The minimum absolute atomic E-state index is 0.0163. The normalized spacial score (nSPS) is 16.1. The summed E-state index contributed by atoms with van der Waals surface area (Å²) in [5.74, 6) is 0.592. The van der Waals surface area contributed by atoms with Gasteiger partial charge in [0.15, 0.2) is 0 Å². The predicted molar refractivity (Wildman–Crippen MR) is 133 cm³/mol. The van der Waals surface area contributed by atoms with E-state index < -0.39 is 0 Å². The number of hydrogen-bond donors (Lipinski definition) is 2. The van der Waals surface area contributed by atoms with Crippen molar-refractivity contribution >= 4 is 16.9 Å². The molecule has 1 unspecified atom stereocenters. The van der Waals surface area contributed by atoms with Crippen LogP contribution in [0.3, 0.4) is 0 Å². The minimum Gasteiger partial charge on any atom is -0.507 e. The van der Waals surface area contributed by atoms with Crippen LogP contribution in [0.2, 0.25) is 0 Å². The van der Waals surface area contributed by atoms with Crippen LogP contribution in [0.4, 0.5) is 0 Å². The van der Waals surface area contributed by atoms with Crippen LogP contribution in [-0.2, 0) is 0 Å². The molecule has 1 atom stereocenters. The second-order valence-corrected chi connectivity index (χ2v) is 8.88. The molecule has 7 nitrogen and oxygen atoms in total. The Morgan fingerprint density at radius 2 is 2.00 bits per heavy atom. The first kappa shape index (κ1) is 22.0. The van der Waals surface area contributed by atoms with Gasteiger partial charge in [-0.05, 0) is 49.8 Å². The molecule has 2 aromatic carbocycles. The molecule has 1 fully saturated rings. The molecule has 0 spiro atoms. The maximum atomic E-state index is 13.2. The lowest BCUT2D eigenvalue weighted by atomic mass is 9.99. The monoisotopic (exact) mass is 456 g/mol. The summed E-state index contributed by atoms with van der Waals surface area (Å²) >= 11 is 0. The number of carbonyl (C=O) groups excluding carboxylic acids is 1. The first-order valence-electron chi connectivity index (χ1n) is 11.4. The van der Waals surface area contributed by atoms with Crippen molar-refractivity contribution < 1.29 is 14.6 Å². The molecule has 3 heterocycles. The van der Waals surface area contributed by atoms with Gasteiger partial charge in [-0.2, -0.15) is 0 Å².